The predicted molar refractivity (Wildman–Crippen MR) is 43.9 cm³/mol. The summed E-state index contributed by atoms with van der Waals surface area (Å²) < 4.78 is 0. The van der Waals surface area contributed by atoms with Crippen LogP contribution >= 0.6 is 0 Å². The molecule has 0 heterocycles. The molecule has 3 nitrogen and oxygen atoms in total. The molecule has 0 rings (SSSR count). The quantitative estimate of drug-likeness (QED) is 0.453. The van der Waals surface area contributed by atoms with E-state index in [-0.39, 0.29) is 12.5 Å². The highest BCUT2D eigenvalue weighted by Gasteiger charge is 1.99. The Kier molecular flexibility index (Phi) is 5.47. The van der Waals surface area contributed by atoms with Gasteiger partial charge in [0.15, 0.2) is 0 Å². The average molecular weight is 157 g/mol. The maximum atomic E-state index is 10.6. The van der Waals surface area contributed by atoms with Crippen LogP contribution in [0.1, 0.15) is 26.2 Å². The van der Waals surface area contributed by atoms with E-state index in [1.54, 1.807) is 6.08 Å². The molecule has 0 bridgehead atoms. The van der Waals surface area contributed by atoms with Gasteiger partial charge in [-0.3, -0.25) is 4.79 Å². The predicted octanol–water partition coefficient (Wildman–Crippen LogP) is 0.581. The van der Waals surface area contributed by atoms with E-state index in [0.717, 1.165) is 6.42 Å². The molecular formula is C8H15NO2. The van der Waals surface area contributed by atoms with E-state index in [4.69, 9.17) is 10.8 Å². The minimum atomic E-state index is -0.356. The number of nitrogens with two attached hydrogens (primary N) is 1. The van der Waals surface area contributed by atoms with Gasteiger partial charge < -0.3 is 10.8 Å². The molecule has 3 N–H and O–H groups in total. The zero-order valence-electron chi connectivity index (χ0n) is 6.84. The Morgan fingerprint density at radius 3 is 2.64 bits per heavy atom. The zero-order valence-corrected chi connectivity index (χ0v) is 6.84. The Labute approximate surface area is 66.9 Å². The van der Waals surface area contributed by atoms with Crippen LogP contribution in [0.15, 0.2) is 11.6 Å². The van der Waals surface area contributed by atoms with Crippen LogP contribution in [0.2, 0.25) is 0 Å². The summed E-state index contributed by atoms with van der Waals surface area (Å²) in [5.74, 6) is -0.356. The van der Waals surface area contributed by atoms with E-state index in [2.05, 4.69) is 0 Å². The first-order valence-corrected chi connectivity index (χ1v) is 3.82. The second-order valence-corrected chi connectivity index (χ2v) is 2.31. The number of rotatable bonds is 5. The summed E-state index contributed by atoms with van der Waals surface area (Å²) in [5, 5.41) is 8.45. The van der Waals surface area contributed by atoms with Gasteiger partial charge in [-0.05, 0) is 19.3 Å². The first-order valence-electron chi connectivity index (χ1n) is 3.82. The summed E-state index contributed by atoms with van der Waals surface area (Å²) in [6.07, 6.45) is 3.87. The maximum absolute atomic E-state index is 10.6. The van der Waals surface area contributed by atoms with Gasteiger partial charge in [-0.15, -0.1) is 0 Å². The molecular weight excluding hydrogens is 142 g/mol. The highest BCUT2D eigenvalue weighted by molar-refractivity contribution is 5.91. The normalized spacial score (nSPS) is 11.6. The lowest BCUT2D eigenvalue weighted by Crippen LogP contribution is -2.13. The molecule has 11 heavy (non-hydrogen) atoms. The van der Waals surface area contributed by atoms with Crippen LogP contribution < -0.4 is 5.73 Å². The topological polar surface area (TPSA) is 63.3 Å². The molecule has 0 atom stereocenters. The van der Waals surface area contributed by atoms with Gasteiger partial charge in [0.25, 0.3) is 0 Å². The Balaban J connectivity index is 3.81. The van der Waals surface area contributed by atoms with E-state index < -0.39 is 0 Å². The van der Waals surface area contributed by atoms with Gasteiger partial charge in [0.1, 0.15) is 0 Å². The summed E-state index contributed by atoms with van der Waals surface area (Å²) in [5.41, 5.74) is 5.71. The molecule has 0 radical (unpaired) electrons. The van der Waals surface area contributed by atoms with Crippen molar-refractivity contribution in [3.63, 3.8) is 0 Å². The fourth-order valence-corrected chi connectivity index (χ4v) is 0.787. The van der Waals surface area contributed by atoms with Crippen LogP contribution in [0.4, 0.5) is 0 Å². The van der Waals surface area contributed by atoms with Crippen molar-refractivity contribution in [2.45, 2.75) is 26.2 Å². The number of unbranched alkanes of at least 4 members (excludes halogenated alkanes) is 1. The number of allylic oxidation sites excluding steroid dienone is 1. The first-order chi connectivity index (χ1) is 5.22. The second-order valence-electron chi connectivity index (χ2n) is 2.31. The maximum Gasteiger partial charge on any atom is 0.244 e. The molecule has 1 amide bonds. The van der Waals surface area contributed by atoms with Crippen LogP contribution in [-0.4, -0.2) is 17.6 Å². The van der Waals surface area contributed by atoms with Crippen molar-refractivity contribution >= 4 is 5.91 Å². The molecule has 0 aromatic carbocycles. The molecule has 64 valence electrons. The third kappa shape index (κ3) is 4.56. The third-order valence-corrected chi connectivity index (χ3v) is 1.45. The van der Waals surface area contributed by atoms with Crippen molar-refractivity contribution < 1.29 is 9.90 Å². The van der Waals surface area contributed by atoms with Crippen LogP contribution in [0.5, 0.6) is 0 Å². The number of aliphatic hydroxyl groups is 1. The minimum Gasteiger partial charge on any atom is -0.396 e. The Bertz CT molecular complexity index is 152. The highest BCUT2D eigenvalue weighted by atomic mass is 16.2. The number of carbonyl (C=O) groups excluding carboxylic acids is 1. The summed E-state index contributed by atoms with van der Waals surface area (Å²) >= 11 is 0. The molecule has 0 unspecified atom stereocenters. The van der Waals surface area contributed by atoms with Gasteiger partial charge in [-0.1, -0.05) is 13.0 Å². The summed E-state index contributed by atoms with van der Waals surface area (Å²) in [7, 11) is 0. The summed E-state index contributed by atoms with van der Waals surface area (Å²) in [6.45, 7) is 2.04. The van der Waals surface area contributed by atoms with E-state index in [1.165, 1.54) is 0 Å². The van der Waals surface area contributed by atoms with E-state index in [9.17, 15) is 4.79 Å². The number of hydrogen-bond acceptors (Lipinski definition) is 2. The van der Waals surface area contributed by atoms with E-state index >= 15 is 0 Å². The number of amides is 1. The smallest absolute Gasteiger partial charge is 0.244 e. The van der Waals surface area contributed by atoms with Crippen LogP contribution in [0, 0.1) is 0 Å². The summed E-state index contributed by atoms with van der Waals surface area (Å²) in [6, 6.07) is 0. The first kappa shape index (κ1) is 10.2. The molecule has 0 aliphatic carbocycles. The Hall–Kier alpha value is -0.830. The SMILES string of the molecule is CCC(=CCCCO)C(N)=O. The zero-order chi connectivity index (χ0) is 8.69. The molecule has 3 heteroatoms. The lowest BCUT2D eigenvalue weighted by atomic mass is 10.1. The van der Waals surface area contributed by atoms with Crippen LogP contribution in [-0.2, 0) is 4.79 Å². The lowest BCUT2D eigenvalue weighted by Gasteiger charge is -1.97. The van der Waals surface area contributed by atoms with Gasteiger partial charge in [-0.25, -0.2) is 0 Å². The largest absolute Gasteiger partial charge is 0.396 e. The lowest BCUT2D eigenvalue weighted by molar-refractivity contribution is -0.114. The molecule has 0 aliphatic rings. The fourth-order valence-electron chi connectivity index (χ4n) is 0.787. The van der Waals surface area contributed by atoms with Crippen molar-refractivity contribution in [3.8, 4) is 0 Å². The molecule has 0 fully saturated rings. The third-order valence-electron chi connectivity index (χ3n) is 1.45. The second kappa shape index (κ2) is 5.92. The van der Waals surface area contributed by atoms with Gasteiger partial charge in [0.2, 0.25) is 5.91 Å². The Morgan fingerprint density at radius 1 is 1.64 bits per heavy atom. The van der Waals surface area contributed by atoms with Gasteiger partial charge in [0.05, 0.1) is 0 Å². The van der Waals surface area contributed by atoms with Crippen molar-refractivity contribution in [2.75, 3.05) is 6.61 Å². The molecule has 0 aromatic heterocycles. The number of aliphatic hydroxyl groups excluding tert-OH is 1. The summed E-state index contributed by atoms with van der Waals surface area (Å²) in [4.78, 5) is 10.6. The van der Waals surface area contributed by atoms with E-state index in [0.29, 0.717) is 18.4 Å². The number of hydrogen-bond donors (Lipinski definition) is 2. The van der Waals surface area contributed by atoms with Gasteiger partial charge >= 0.3 is 0 Å². The molecule has 0 aliphatic heterocycles. The van der Waals surface area contributed by atoms with Crippen molar-refractivity contribution in [3.05, 3.63) is 11.6 Å². The number of carbonyl (C=O) groups is 1. The molecule has 0 saturated carbocycles. The fraction of sp³-hybridized carbons (Fsp3) is 0.625. The standard InChI is InChI=1S/C8H15NO2/c1-2-7(8(9)11)5-3-4-6-10/h5,10H,2-4,6H2,1H3,(H2,9,11). The minimum absolute atomic E-state index is 0.159. The molecule has 0 saturated heterocycles. The van der Waals surface area contributed by atoms with Crippen LogP contribution in [0.25, 0.3) is 0 Å². The average Bonchev–Trinajstić information content (AvgIpc) is 1.97. The van der Waals surface area contributed by atoms with Gasteiger partial charge in [-0.2, -0.15) is 0 Å². The molecule has 0 aromatic rings. The highest BCUT2D eigenvalue weighted by Crippen LogP contribution is 2.02. The number of primary amides is 1. The van der Waals surface area contributed by atoms with Crippen molar-refractivity contribution in [1.82, 2.24) is 0 Å². The Morgan fingerprint density at radius 2 is 2.27 bits per heavy atom. The molecule has 0 spiro atoms. The van der Waals surface area contributed by atoms with Crippen molar-refractivity contribution in [1.29, 1.82) is 0 Å². The van der Waals surface area contributed by atoms with Gasteiger partial charge in [0, 0.05) is 12.2 Å². The van der Waals surface area contributed by atoms with Crippen LogP contribution in [0.3, 0.4) is 0 Å². The van der Waals surface area contributed by atoms with E-state index in [1.807, 2.05) is 6.92 Å². The van der Waals surface area contributed by atoms with Crippen molar-refractivity contribution in [2.24, 2.45) is 5.73 Å². The monoisotopic (exact) mass is 157 g/mol.